The van der Waals surface area contributed by atoms with E-state index in [0.29, 0.717) is 54.8 Å². The van der Waals surface area contributed by atoms with Crippen LogP contribution in [0.5, 0.6) is 0 Å². The van der Waals surface area contributed by atoms with Crippen molar-refractivity contribution in [1.82, 2.24) is 19.9 Å². The summed E-state index contributed by atoms with van der Waals surface area (Å²) in [5.74, 6) is -49.5. The zero-order valence-electron chi connectivity index (χ0n) is 34.4. The first-order valence-electron chi connectivity index (χ1n) is 19.3. The number of nitrogens with one attached hydrogen (secondary N) is 3. The Hall–Kier alpha value is -8.10. The number of nitrogens with zero attached hydrogens (tertiary/aromatic N) is 2. The fourth-order valence-corrected chi connectivity index (χ4v) is 8.41. The molecule has 3 N–H and O–H groups in total. The molecule has 0 saturated heterocycles. The first kappa shape index (κ1) is 48.9. The minimum absolute atomic E-state index is 0.314. The fourth-order valence-electron chi connectivity index (χ4n) is 7.86. The third-order valence-corrected chi connectivity index (χ3v) is 11.5. The number of aromatic nitrogens is 4. The minimum Gasteiger partial charge on any atom is -0.354 e. The van der Waals surface area contributed by atoms with Gasteiger partial charge < -0.3 is 9.97 Å². The number of anilines is 1. The van der Waals surface area contributed by atoms with Gasteiger partial charge in [0, 0.05) is 44.3 Å². The van der Waals surface area contributed by atoms with E-state index in [9.17, 15) is 30.4 Å². The lowest BCUT2D eigenvalue weighted by atomic mass is 10.0. The normalized spacial score (nSPS) is 12.4. The molecule has 5 heterocycles. The van der Waals surface area contributed by atoms with Gasteiger partial charge in [0.2, 0.25) is 27.5 Å². The van der Waals surface area contributed by atoms with E-state index in [4.69, 9.17) is 0 Å². The second-order valence-corrected chi connectivity index (χ2v) is 17.0. The molecular weight excluding hydrogens is 1040 g/mol. The molecule has 72 heavy (non-hydrogen) atoms. The number of hydrogen-bond donors (Lipinski definition) is 3. The molecular formula is C45H14F19N5O2S. The van der Waals surface area contributed by atoms with Gasteiger partial charge in [-0.05, 0) is 48.6 Å². The number of H-pyrrole nitrogens is 2. The molecule has 4 aromatic carbocycles. The van der Waals surface area contributed by atoms with Crippen LogP contribution < -0.4 is 4.72 Å². The van der Waals surface area contributed by atoms with Crippen LogP contribution in [-0.4, -0.2) is 34.6 Å². The van der Waals surface area contributed by atoms with Crippen LogP contribution in [0.4, 0.5) is 89.1 Å². The molecule has 0 amide bonds. The summed E-state index contributed by atoms with van der Waals surface area (Å²) < 4.78 is 318. The number of benzene rings is 4. The van der Waals surface area contributed by atoms with E-state index in [-0.39, 0.29) is 0 Å². The van der Waals surface area contributed by atoms with Crippen LogP contribution in [0, 0.1) is 111 Å². The van der Waals surface area contributed by atoms with Crippen molar-refractivity contribution in [3.8, 4) is 44.5 Å². The molecule has 9 rings (SSSR count). The molecule has 0 spiro atoms. The monoisotopic (exact) mass is 1050 g/mol. The molecule has 2 aliphatic rings. The van der Waals surface area contributed by atoms with Crippen molar-refractivity contribution in [1.29, 1.82) is 0 Å². The summed E-state index contributed by atoms with van der Waals surface area (Å²) in [4.78, 5) is 12.4. The maximum atomic E-state index is 16.4. The first-order chi connectivity index (χ1) is 33.8. The maximum absolute atomic E-state index is 16.4. The molecule has 0 atom stereocenters. The Balaban J connectivity index is 1.58. The van der Waals surface area contributed by atoms with Gasteiger partial charge in [-0.25, -0.2) is 102 Å². The lowest BCUT2D eigenvalue weighted by Gasteiger charge is -2.14. The van der Waals surface area contributed by atoms with Crippen molar-refractivity contribution in [3.05, 3.63) is 158 Å². The highest BCUT2D eigenvalue weighted by atomic mass is 32.2. The van der Waals surface area contributed by atoms with Crippen molar-refractivity contribution in [2.75, 3.05) is 11.0 Å². The van der Waals surface area contributed by atoms with E-state index in [1.807, 2.05) is 0 Å². The molecule has 3 aromatic heterocycles. The van der Waals surface area contributed by atoms with E-state index in [1.165, 1.54) is 4.72 Å². The molecule has 7 aromatic rings. The largest absolute Gasteiger partial charge is 0.354 e. The average Bonchev–Trinajstić information content (AvgIpc) is 4.20. The predicted molar refractivity (Wildman–Crippen MR) is 218 cm³/mol. The Morgan fingerprint density at radius 2 is 0.514 bits per heavy atom. The molecule has 27 heteroatoms. The van der Waals surface area contributed by atoms with Gasteiger partial charge >= 0.3 is 0 Å². The van der Waals surface area contributed by atoms with Gasteiger partial charge in [-0.15, -0.1) is 0 Å². The molecule has 370 valence electrons. The van der Waals surface area contributed by atoms with Gasteiger partial charge in [-0.2, -0.15) is 0 Å². The summed E-state index contributed by atoms with van der Waals surface area (Å²) in [6, 6.07) is 2.49. The van der Waals surface area contributed by atoms with Crippen molar-refractivity contribution in [3.63, 3.8) is 0 Å². The Morgan fingerprint density at radius 3 is 0.722 bits per heavy atom. The smallest absolute Gasteiger partial charge is 0.230 e. The van der Waals surface area contributed by atoms with Gasteiger partial charge in [0.15, 0.2) is 93.1 Å². The predicted octanol–water partition coefficient (Wildman–Crippen LogP) is 13.3. The highest BCUT2D eigenvalue weighted by molar-refractivity contribution is 7.92. The average molecular weight is 1050 g/mol. The zero-order chi connectivity index (χ0) is 52.5. The summed E-state index contributed by atoms with van der Waals surface area (Å²) in [7, 11) is -4.73. The summed E-state index contributed by atoms with van der Waals surface area (Å²) in [5, 5.41) is 0. The number of halogens is 19. The second-order valence-electron chi connectivity index (χ2n) is 15.2. The number of fused-ring (bicyclic) bond motifs is 8. The molecule has 2 aliphatic heterocycles. The number of aromatic amines is 2. The first-order valence-corrected chi connectivity index (χ1v) is 21.2. The van der Waals surface area contributed by atoms with Gasteiger partial charge in [-0.1, -0.05) is 0 Å². The third kappa shape index (κ3) is 7.34. The summed E-state index contributed by atoms with van der Waals surface area (Å²) in [6.45, 7) is 0. The van der Waals surface area contributed by atoms with Crippen LogP contribution in [0.15, 0.2) is 24.3 Å². The number of sulfonamides is 1. The van der Waals surface area contributed by atoms with Crippen LogP contribution in [0.3, 0.4) is 0 Å². The molecule has 0 aliphatic carbocycles. The summed E-state index contributed by atoms with van der Waals surface area (Å²) in [5.41, 5.74) is -22.6. The Kier molecular flexibility index (Phi) is 11.6. The zero-order valence-corrected chi connectivity index (χ0v) is 35.2. The Morgan fingerprint density at radius 1 is 0.319 bits per heavy atom. The molecule has 7 nitrogen and oxygen atoms in total. The van der Waals surface area contributed by atoms with Crippen molar-refractivity contribution >= 4 is 62.1 Å². The van der Waals surface area contributed by atoms with Crippen LogP contribution in [0.2, 0.25) is 0 Å². The summed E-state index contributed by atoms with van der Waals surface area (Å²) >= 11 is 0. The highest BCUT2D eigenvalue weighted by Crippen LogP contribution is 2.45. The van der Waals surface area contributed by atoms with Crippen LogP contribution in [0.25, 0.3) is 90.9 Å². The van der Waals surface area contributed by atoms with Crippen LogP contribution in [0.1, 0.15) is 22.8 Å². The number of hydrogen-bond acceptors (Lipinski definition) is 4. The Bertz CT molecular complexity index is 3820. The van der Waals surface area contributed by atoms with Gasteiger partial charge in [0.1, 0.15) is 5.69 Å². The molecule has 0 fully saturated rings. The van der Waals surface area contributed by atoms with Crippen LogP contribution in [-0.2, 0) is 10.0 Å². The SMILES string of the molecule is CS(=O)(=O)Nc1c(F)c(F)c(-c2c3nc(c(-c4c(F)c(F)c(F)c(F)c4F)c4ccc([nH]4)c(-c4c(F)c(F)c(F)c(F)c4F)c4nc(c(-c5c(F)c(F)c(F)c(F)c5F)c5ccc2[nH]5)C=C4)C=C3)c(F)c1F. The van der Waals surface area contributed by atoms with Crippen LogP contribution >= 0.6 is 0 Å². The van der Waals surface area contributed by atoms with Crippen molar-refractivity contribution in [2.45, 2.75) is 0 Å². The quantitative estimate of drug-likeness (QED) is 0.0877. The standard InChI is InChI=1S/C45H14F19N5O2S/c1-72(70,71)69-45-43(63)32(52)25(33(53)44(45)64)21-16-8-6-14(67-16)19(23-28(48)36(56)41(61)37(57)29(23)49)12-4-2-10(65-12)18(22-26(46)34(54)40(60)35(55)27(22)47)11-3-5-13(66-11)20(15-7-9-17(21)68-15)24-30(50)38(58)42(62)39(59)31(24)51/h2-9,65,68-69H,1H3. The molecule has 8 bridgehead atoms. The van der Waals surface area contributed by atoms with E-state index >= 15 is 61.5 Å². The van der Waals surface area contributed by atoms with E-state index in [0.717, 1.165) is 0 Å². The van der Waals surface area contributed by atoms with Crippen molar-refractivity contribution in [2.24, 2.45) is 0 Å². The fraction of sp³-hybridized carbons (Fsp3) is 0.0222. The van der Waals surface area contributed by atoms with E-state index in [1.54, 1.807) is 0 Å². The number of rotatable bonds is 6. The topological polar surface area (TPSA) is 104 Å². The molecule has 0 saturated carbocycles. The second kappa shape index (κ2) is 17.0. The third-order valence-electron chi connectivity index (χ3n) is 10.9. The highest BCUT2D eigenvalue weighted by Gasteiger charge is 2.35. The molecule has 0 unspecified atom stereocenters. The lowest BCUT2D eigenvalue weighted by Crippen LogP contribution is -2.15. The minimum atomic E-state index is -4.73. The van der Waals surface area contributed by atoms with E-state index < -0.39 is 216 Å². The van der Waals surface area contributed by atoms with Gasteiger partial charge in [0.25, 0.3) is 0 Å². The van der Waals surface area contributed by atoms with E-state index in [2.05, 4.69) is 19.9 Å². The van der Waals surface area contributed by atoms with Gasteiger partial charge in [-0.3, -0.25) is 4.72 Å². The summed E-state index contributed by atoms with van der Waals surface area (Å²) in [6.07, 6.45) is 2.70. The van der Waals surface area contributed by atoms with Gasteiger partial charge in [0.05, 0.1) is 51.3 Å². The Labute approximate surface area is 386 Å². The molecule has 0 radical (unpaired) electrons. The van der Waals surface area contributed by atoms with Crippen molar-refractivity contribution < 1.29 is 91.8 Å². The maximum Gasteiger partial charge on any atom is 0.230 e. The lowest BCUT2D eigenvalue weighted by molar-refractivity contribution is 0.381.